The fourth-order valence-corrected chi connectivity index (χ4v) is 5.42. The van der Waals surface area contributed by atoms with Gasteiger partial charge >= 0.3 is 0 Å². The van der Waals surface area contributed by atoms with Crippen LogP contribution in [0.3, 0.4) is 0 Å². The molecule has 1 atom stereocenters. The van der Waals surface area contributed by atoms with Gasteiger partial charge in [0.1, 0.15) is 11.3 Å². The number of benzene rings is 2. The molecule has 4 heteroatoms. The van der Waals surface area contributed by atoms with Crippen LogP contribution in [0.1, 0.15) is 51.0 Å². The summed E-state index contributed by atoms with van der Waals surface area (Å²) in [6.07, 6.45) is 11.0. The van der Waals surface area contributed by atoms with Crippen LogP contribution in [-0.2, 0) is 6.42 Å². The van der Waals surface area contributed by atoms with E-state index in [-0.39, 0.29) is 5.82 Å². The molecule has 1 aliphatic heterocycles. The van der Waals surface area contributed by atoms with Crippen molar-refractivity contribution in [3.8, 4) is 5.69 Å². The summed E-state index contributed by atoms with van der Waals surface area (Å²) in [5.41, 5.74) is 3.13. The number of nitrogens with zero attached hydrogens (tertiary/aromatic N) is 2. The fourth-order valence-electron chi connectivity index (χ4n) is 5.42. The molecule has 0 amide bonds. The van der Waals surface area contributed by atoms with Gasteiger partial charge < -0.3 is 9.47 Å². The van der Waals surface area contributed by atoms with E-state index in [2.05, 4.69) is 36.1 Å². The summed E-state index contributed by atoms with van der Waals surface area (Å²) in [5.74, 6) is 1.29. The predicted octanol–water partition coefficient (Wildman–Crippen LogP) is 6.22. The minimum absolute atomic E-state index is 0.208. The zero-order chi connectivity index (χ0) is 21.4. The van der Waals surface area contributed by atoms with Gasteiger partial charge in [-0.3, -0.25) is 5.41 Å². The Morgan fingerprint density at radius 1 is 1.03 bits per heavy atom. The van der Waals surface area contributed by atoms with Crippen molar-refractivity contribution in [2.75, 3.05) is 18.0 Å². The predicted molar refractivity (Wildman–Crippen MR) is 125 cm³/mol. The van der Waals surface area contributed by atoms with E-state index in [1.807, 2.05) is 18.3 Å². The number of hydrogen-bond acceptors (Lipinski definition) is 2. The molecular formula is C27H32FN3. The first-order valence-corrected chi connectivity index (χ1v) is 11.8. The third-order valence-corrected chi connectivity index (χ3v) is 7.31. The standard InChI is InChI=1S/C27H32FN3/c1-19-12-14-30(18-19)26-11-9-23(17-25(26)28)31-15-13-22-16-21(8-10-24(22)27(31)29)7-6-20-4-2-3-5-20/h8-11,13,15-17,19-20,29H,2-7,12,14,18H2,1H3. The number of halogens is 1. The molecular weight excluding hydrogens is 385 g/mol. The van der Waals surface area contributed by atoms with Gasteiger partial charge in [0.25, 0.3) is 0 Å². The Balaban J connectivity index is 1.40. The Morgan fingerprint density at radius 3 is 2.61 bits per heavy atom. The largest absolute Gasteiger partial charge is 0.369 e. The van der Waals surface area contributed by atoms with E-state index in [1.165, 1.54) is 37.7 Å². The van der Waals surface area contributed by atoms with Crippen molar-refractivity contribution in [2.24, 2.45) is 11.8 Å². The maximum Gasteiger partial charge on any atom is 0.148 e. The number of hydrogen-bond donors (Lipinski definition) is 1. The molecule has 31 heavy (non-hydrogen) atoms. The van der Waals surface area contributed by atoms with Crippen LogP contribution in [0.2, 0.25) is 0 Å². The molecule has 2 aromatic carbocycles. The van der Waals surface area contributed by atoms with E-state index < -0.39 is 0 Å². The van der Waals surface area contributed by atoms with Crippen molar-refractivity contribution in [3.63, 3.8) is 0 Å². The molecule has 1 saturated carbocycles. The van der Waals surface area contributed by atoms with Crippen LogP contribution in [-0.4, -0.2) is 17.7 Å². The molecule has 162 valence electrons. The highest BCUT2D eigenvalue weighted by Crippen LogP contribution is 2.30. The first kappa shape index (κ1) is 20.3. The summed E-state index contributed by atoms with van der Waals surface area (Å²) >= 11 is 0. The molecule has 3 nitrogen and oxygen atoms in total. The zero-order valence-electron chi connectivity index (χ0n) is 18.4. The lowest BCUT2D eigenvalue weighted by Crippen LogP contribution is -2.21. The van der Waals surface area contributed by atoms with E-state index in [4.69, 9.17) is 5.41 Å². The molecule has 0 radical (unpaired) electrons. The highest BCUT2D eigenvalue weighted by atomic mass is 19.1. The molecule has 2 aliphatic rings. The summed E-state index contributed by atoms with van der Waals surface area (Å²) in [7, 11) is 0. The fraction of sp³-hybridized carbons (Fsp3) is 0.444. The first-order valence-electron chi connectivity index (χ1n) is 11.8. The monoisotopic (exact) mass is 417 g/mol. The number of aromatic nitrogens is 1. The maximum absolute atomic E-state index is 14.9. The molecule has 2 fully saturated rings. The molecule has 5 rings (SSSR count). The van der Waals surface area contributed by atoms with Crippen LogP contribution < -0.4 is 10.4 Å². The topological polar surface area (TPSA) is 32.0 Å². The minimum atomic E-state index is -0.208. The summed E-state index contributed by atoms with van der Waals surface area (Å²) < 4.78 is 16.7. The quantitative estimate of drug-likeness (QED) is 0.525. The van der Waals surface area contributed by atoms with E-state index in [0.717, 1.165) is 42.6 Å². The van der Waals surface area contributed by atoms with E-state index in [0.29, 0.717) is 22.8 Å². The molecule has 2 heterocycles. The maximum atomic E-state index is 14.9. The molecule has 1 unspecified atom stereocenters. The molecule has 1 aromatic heterocycles. The van der Waals surface area contributed by atoms with E-state index in [1.54, 1.807) is 10.6 Å². The third kappa shape index (κ3) is 4.13. The van der Waals surface area contributed by atoms with Crippen LogP contribution in [0, 0.1) is 23.1 Å². The van der Waals surface area contributed by atoms with E-state index in [9.17, 15) is 4.39 Å². The molecule has 0 bridgehead atoms. The highest BCUT2D eigenvalue weighted by Gasteiger charge is 2.21. The number of pyridine rings is 1. The zero-order valence-corrected chi connectivity index (χ0v) is 18.4. The first-order chi connectivity index (χ1) is 15.1. The normalized spacial score (nSPS) is 19.5. The second-order valence-corrected chi connectivity index (χ2v) is 9.62. The number of rotatable bonds is 5. The molecule has 3 aromatic rings. The molecule has 1 saturated heterocycles. The summed E-state index contributed by atoms with van der Waals surface area (Å²) in [5, 5.41) is 10.7. The number of anilines is 1. The van der Waals surface area contributed by atoms with Crippen LogP contribution in [0.25, 0.3) is 16.5 Å². The second kappa shape index (κ2) is 8.49. The molecule has 1 aliphatic carbocycles. The van der Waals surface area contributed by atoms with E-state index >= 15 is 0 Å². The Hall–Kier alpha value is -2.62. The van der Waals surface area contributed by atoms with Crippen LogP contribution in [0.15, 0.2) is 48.7 Å². The number of nitrogens with one attached hydrogen (secondary N) is 1. The van der Waals surface area contributed by atoms with Crippen molar-refractivity contribution in [3.05, 3.63) is 65.5 Å². The van der Waals surface area contributed by atoms with Gasteiger partial charge in [0.15, 0.2) is 0 Å². The Bertz CT molecular complexity index is 1140. The number of fused-ring (bicyclic) bond motifs is 1. The summed E-state index contributed by atoms with van der Waals surface area (Å²) in [6, 6.07) is 13.9. The van der Waals surface area contributed by atoms with Gasteiger partial charge in [0.2, 0.25) is 0 Å². The Kier molecular flexibility index (Phi) is 5.56. The third-order valence-electron chi connectivity index (χ3n) is 7.31. The van der Waals surface area contributed by atoms with Crippen LogP contribution in [0.4, 0.5) is 10.1 Å². The van der Waals surface area contributed by atoms with Gasteiger partial charge in [-0.05, 0) is 60.2 Å². The van der Waals surface area contributed by atoms with Crippen molar-refractivity contribution in [1.82, 2.24) is 4.57 Å². The van der Waals surface area contributed by atoms with Gasteiger partial charge in [-0.25, -0.2) is 4.39 Å². The Labute approximate surface area is 184 Å². The van der Waals surface area contributed by atoms with Crippen LogP contribution >= 0.6 is 0 Å². The van der Waals surface area contributed by atoms with Gasteiger partial charge in [-0.15, -0.1) is 0 Å². The highest BCUT2D eigenvalue weighted by molar-refractivity contribution is 5.82. The van der Waals surface area contributed by atoms with Crippen molar-refractivity contribution >= 4 is 16.5 Å². The van der Waals surface area contributed by atoms with Gasteiger partial charge in [-0.2, -0.15) is 0 Å². The average molecular weight is 418 g/mol. The lowest BCUT2D eigenvalue weighted by atomic mass is 9.97. The Morgan fingerprint density at radius 2 is 1.87 bits per heavy atom. The minimum Gasteiger partial charge on any atom is -0.369 e. The smallest absolute Gasteiger partial charge is 0.148 e. The lowest BCUT2D eigenvalue weighted by molar-refractivity contribution is 0.504. The lowest BCUT2D eigenvalue weighted by Gasteiger charge is -2.20. The molecule has 0 spiro atoms. The summed E-state index contributed by atoms with van der Waals surface area (Å²) in [4.78, 5) is 2.13. The average Bonchev–Trinajstić information content (AvgIpc) is 3.44. The van der Waals surface area contributed by atoms with Crippen molar-refractivity contribution < 1.29 is 4.39 Å². The van der Waals surface area contributed by atoms with Gasteiger partial charge in [0, 0.05) is 30.7 Å². The van der Waals surface area contributed by atoms with Gasteiger partial charge in [-0.1, -0.05) is 50.8 Å². The van der Waals surface area contributed by atoms with Gasteiger partial charge in [0.05, 0.1) is 11.4 Å². The summed E-state index contributed by atoms with van der Waals surface area (Å²) in [6.45, 7) is 4.03. The van der Waals surface area contributed by atoms with Crippen molar-refractivity contribution in [2.45, 2.75) is 51.9 Å². The molecule has 1 N–H and O–H groups in total. The van der Waals surface area contributed by atoms with Crippen molar-refractivity contribution in [1.29, 1.82) is 5.41 Å². The second-order valence-electron chi connectivity index (χ2n) is 9.62. The van der Waals surface area contributed by atoms with Crippen LogP contribution in [0.5, 0.6) is 0 Å². The number of aryl methyl sites for hydroxylation is 1. The SMILES string of the molecule is CC1CCN(c2ccc(-n3ccc4cc(CCC5CCCC5)ccc4c3=N)cc2F)C1.